The van der Waals surface area contributed by atoms with Crippen LogP contribution >= 0.6 is 0 Å². The van der Waals surface area contributed by atoms with Crippen molar-refractivity contribution in [3.8, 4) is 0 Å². The lowest BCUT2D eigenvalue weighted by Crippen LogP contribution is -2.40. The van der Waals surface area contributed by atoms with Crippen LogP contribution < -0.4 is 10.0 Å². The molecule has 0 aliphatic heterocycles. The van der Waals surface area contributed by atoms with Crippen molar-refractivity contribution in [2.45, 2.75) is 39.2 Å². The third kappa shape index (κ3) is 8.16. The van der Waals surface area contributed by atoms with Gasteiger partial charge in [0.2, 0.25) is 0 Å². The minimum atomic E-state index is -3.37. The highest BCUT2D eigenvalue weighted by Crippen LogP contribution is 2.18. The largest absolute Gasteiger partial charge is 0.380 e. The number of rotatable bonds is 12. The fourth-order valence-corrected chi connectivity index (χ4v) is 2.62. The Morgan fingerprint density at radius 2 is 2.00 bits per heavy atom. The van der Waals surface area contributed by atoms with Crippen molar-refractivity contribution < 1.29 is 13.2 Å². The first-order valence-electron chi connectivity index (χ1n) is 7.44. The van der Waals surface area contributed by atoms with Crippen LogP contribution in [0.5, 0.6) is 0 Å². The first kappa shape index (κ1) is 17.8. The van der Waals surface area contributed by atoms with E-state index in [0.29, 0.717) is 38.3 Å². The van der Waals surface area contributed by atoms with Gasteiger partial charge in [0, 0.05) is 32.8 Å². The summed E-state index contributed by atoms with van der Waals surface area (Å²) in [7, 11) is -1.76. The van der Waals surface area contributed by atoms with Crippen molar-refractivity contribution in [2.24, 2.45) is 5.92 Å². The molecule has 0 amide bonds. The molecule has 0 aromatic rings. The summed E-state index contributed by atoms with van der Waals surface area (Å²) in [6, 6.07) is 0.674. The van der Waals surface area contributed by atoms with E-state index in [-0.39, 0.29) is 0 Å². The summed E-state index contributed by atoms with van der Waals surface area (Å²) in [4.78, 5) is 0. The summed E-state index contributed by atoms with van der Waals surface area (Å²) in [6.07, 6.45) is 3.34. The van der Waals surface area contributed by atoms with Crippen LogP contribution in [-0.2, 0) is 14.9 Å². The van der Waals surface area contributed by atoms with Crippen molar-refractivity contribution in [3.05, 3.63) is 0 Å². The highest BCUT2D eigenvalue weighted by atomic mass is 32.2. The van der Waals surface area contributed by atoms with E-state index in [9.17, 15) is 8.42 Å². The van der Waals surface area contributed by atoms with Crippen LogP contribution in [0, 0.1) is 5.92 Å². The Kier molecular flexibility index (Phi) is 7.98. The summed E-state index contributed by atoms with van der Waals surface area (Å²) < 4.78 is 33.1. The molecule has 7 heteroatoms. The van der Waals surface area contributed by atoms with E-state index in [1.54, 1.807) is 7.05 Å². The molecule has 1 rings (SSSR count). The Balaban J connectivity index is 2.07. The van der Waals surface area contributed by atoms with Gasteiger partial charge in [-0.2, -0.15) is 17.4 Å². The molecular weight excluding hydrogens is 278 g/mol. The van der Waals surface area contributed by atoms with Crippen LogP contribution in [0.4, 0.5) is 0 Å². The standard InChI is InChI=1S/C13H29N3O3S/c1-12(2)11-19-10-8-15-20(17,18)16(3)9-4-7-14-13-5-6-13/h12-15H,4-11H2,1-3H3. The van der Waals surface area contributed by atoms with Gasteiger partial charge in [-0.05, 0) is 31.7 Å². The normalized spacial score (nSPS) is 16.2. The molecule has 1 aliphatic carbocycles. The van der Waals surface area contributed by atoms with E-state index in [4.69, 9.17) is 4.74 Å². The van der Waals surface area contributed by atoms with Gasteiger partial charge in [0.05, 0.1) is 6.61 Å². The average Bonchev–Trinajstić information content (AvgIpc) is 3.17. The second-order valence-electron chi connectivity index (χ2n) is 5.77. The molecule has 0 heterocycles. The molecule has 0 spiro atoms. The lowest BCUT2D eigenvalue weighted by atomic mass is 10.2. The number of hydrogen-bond donors (Lipinski definition) is 2. The zero-order valence-electron chi connectivity index (χ0n) is 12.9. The van der Waals surface area contributed by atoms with Gasteiger partial charge >= 0.3 is 0 Å². The van der Waals surface area contributed by atoms with E-state index < -0.39 is 10.2 Å². The fourth-order valence-electron chi connectivity index (χ4n) is 1.69. The predicted molar refractivity (Wildman–Crippen MR) is 80.9 cm³/mol. The zero-order valence-corrected chi connectivity index (χ0v) is 13.7. The lowest BCUT2D eigenvalue weighted by Gasteiger charge is -2.18. The zero-order chi connectivity index (χ0) is 15.0. The van der Waals surface area contributed by atoms with Crippen LogP contribution in [0.3, 0.4) is 0 Å². The van der Waals surface area contributed by atoms with E-state index in [1.807, 2.05) is 0 Å². The maximum atomic E-state index is 11.9. The van der Waals surface area contributed by atoms with Crippen LogP contribution in [0.25, 0.3) is 0 Å². The van der Waals surface area contributed by atoms with Gasteiger partial charge in [-0.15, -0.1) is 0 Å². The first-order valence-corrected chi connectivity index (χ1v) is 8.88. The molecule has 0 atom stereocenters. The van der Waals surface area contributed by atoms with E-state index in [0.717, 1.165) is 13.0 Å². The molecule has 0 unspecified atom stereocenters. The van der Waals surface area contributed by atoms with Gasteiger partial charge in [0.25, 0.3) is 10.2 Å². The third-order valence-corrected chi connectivity index (χ3v) is 4.62. The Bertz CT molecular complexity index is 356. The minimum Gasteiger partial charge on any atom is -0.380 e. The summed E-state index contributed by atoms with van der Waals surface area (Å²) in [5.41, 5.74) is 0. The number of nitrogens with zero attached hydrogens (tertiary/aromatic N) is 1. The van der Waals surface area contributed by atoms with E-state index in [1.165, 1.54) is 17.1 Å². The van der Waals surface area contributed by atoms with Crippen molar-refractivity contribution in [2.75, 3.05) is 39.9 Å². The molecule has 0 aromatic carbocycles. The van der Waals surface area contributed by atoms with Crippen LogP contribution in [0.15, 0.2) is 0 Å². The van der Waals surface area contributed by atoms with Crippen molar-refractivity contribution >= 4 is 10.2 Å². The summed E-state index contributed by atoms with van der Waals surface area (Å²) in [6.45, 7) is 6.92. The van der Waals surface area contributed by atoms with Gasteiger partial charge < -0.3 is 10.1 Å². The fraction of sp³-hybridized carbons (Fsp3) is 1.00. The lowest BCUT2D eigenvalue weighted by molar-refractivity contribution is 0.114. The maximum Gasteiger partial charge on any atom is 0.279 e. The van der Waals surface area contributed by atoms with Gasteiger partial charge in [-0.3, -0.25) is 0 Å². The molecule has 2 N–H and O–H groups in total. The first-order chi connectivity index (χ1) is 9.42. The number of hydrogen-bond acceptors (Lipinski definition) is 4. The highest BCUT2D eigenvalue weighted by Gasteiger charge is 2.20. The van der Waals surface area contributed by atoms with Crippen molar-refractivity contribution in [3.63, 3.8) is 0 Å². The third-order valence-electron chi connectivity index (χ3n) is 3.05. The Morgan fingerprint density at radius 3 is 2.60 bits per heavy atom. The van der Waals surface area contributed by atoms with Gasteiger partial charge in [-0.25, -0.2) is 0 Å². The Hall–Kier alpha value is -0.210. The molecule has 0 aromatic heterocycles. The Labute approximate surface area is 123 Å². The second kappa shape index (κ2) is 8.94. The molecular formula is C13H29N3O3S. The molecule has 20 heavy (non-hydrogen) atoms. The predicted octanol–water partition coefficient (Wildman–Crippen LogP) is 0.567. The number of ether oxygens (including phenoxy) is 1. The monoisotopic (exact) mass is 307 g/mol. The topological polar surface area (TPSA) is 70.7 Å². The van der Waals surface area contributed by atoms with Crippen LogP contribution in [0.1, 0.15) is 33.1 Å². The second-order valence-corrected chi connectivity index (χ2v) is 7.63. The van der Waals surface area contributed by atoms with Gasteiger partial charge in [0.1, 0.15) is 0 Å². The summed E-state index contributed by atoms with van der Waals surface area (Å²) >= 11 is 0. The molecule has 6 nitrogen and oxygen atoms in total. The summed E-state index contributed by atoms with van der Waals surface area (Å²) in [5, 5.41) is 3.37. The maximum absolute atomic E-state index is 11.9. The number of nitrogens with one attached hydrogen (secondary N) is 2. The van der Waals surface area contributed by atoms with Crippen LogP contribution in [-0.4, -0.2) is 58.7 Å². The Morgan fingerprint density at radius 1 is 1.30 bits per heavy atom. The molecule has 1 fully saturated rings. The quantitative estimate of drug-likeness (QED) is 0.517. The smallest absolute Gasteiger partial charge is 0.279 e. The molecule has 120 valence electrons. The average molecular weight is 307 g/mol. The SMILES string of the molecule is CC(C)COCCNS(=O)(=O)N(C)CCCNC1CC1. The van der Waals surface area contributed by atoms with E-state index >= 15 is 0 Å². The molecule has 0 saturated heterocycles. The minimum absolute atomic E-state index is 0.319. The van der Waals surface area contributed by atoms with Crippen LogP contribution in [0.2, 0.25) is 0 Å². The van der Waals surface area contributed by atoms with Gasteiger partial charge in [0.15, 0.2) is 0 Å². The molecule has 1 saturated carbocycles. The molecule has 0 radical (unpaired) electrons. The highest BCUT2D eigenvalue weighted by molar-refractivity contribution is 7.87. The van der Waals surface area contributed by atoms with E-state index in [2.05, 4.69) is 23.9 Å². The summed E-state index contributed by atoms with van der Waals surface area (Å²) in [5.74, 6) is 0.466. The molecule has 0 bridgehead atoms. The van der Waals surface area contributed by atoms with Crippen molar-refractivity contribution in [1.29, 1.82) is 0 Å². The molecule has 1 aliphatic rings. The van der Waals surface area contributed by atoms with Gasteiger partial charge in [-0.1, -0.05) is 13.8 Å². The van der Waals surface area contributed by atoms with Crippen molar-refractivity contribution in [1.82, 2.24) is 14.3 Å².